The van der Waals surface area contributed by atoms with Crippen LogP contribution in [0.25, 0.3) is 6.08 Å². The molecule has 0 bridgehead atoms. The van der Waals surface area contributed by atoms with Crippen molar-refractivity contribution in [2.24, 2.45) is 0 Å². The number of nitrogens with zero attached hydrogens (tertiary/aromatic N) is 2. The average Bonchev–Trinajstić information content (AvgIpc) is 2.63. The minimum atomic E-state index is -0.705. The van der Waals surface area contributed by atoms with Gasteiger partial charge in [0.15, 0.2) is 0 Å². The maximum absolute atomic E-state index is 12.7. The Morgan fingerprint density at radius 3 is 2.23 bits per heavy atom. The molecule has 0 spiro atoms. The normalized spacial score (nSPS) is 16.0. The van der Waals surface area contributed by atoms with Crippen LogP contribution in [0.2, 0.25) is 0 Å². The lowest BCUT2D eigenvalue weighted by atomic mass is 10.1. The number of rotatable bonds is 4. The lowest BCUT2D eigenvalue weighted by Crippen LogP contribution is -2.53. The zero-order chi connectivity index (χ0) is 18.7. The van der Waals surface area contributed by atoms with Crippen molar-refractivity contribution in [3.63, 3.8) is 0 Å². The molecule has 6 heteroatoms. The summed E-state index contributed by atoms with van der Waals surface area (Å²) in [6.45, 7) is 0.107. The van der Waals surface area contributed by atoms with E-state index in [-0.39, 0.29) is 12.1 Å². The van der Waals surface area contributed by atoms with Crippen LogP contribution in [0.4, 0.5) is 10.5 Å². The molecule has 0 unspecified atom stereocenters. The van der Waals surface area contributed by atoms with Crippen LogP contribution in [-0.4, -0.2) is 36.8 Å². The third kappa shape index (κ3) is 3.64. The number of carbonyl (C=O) groups excluding carboxylic acids is 3. The molecule has 1 aliphatic rings. The van der Waals surface area contributed by atoms with Gasteiger partial charge in [-0.25, -0.2) is 4.79 Å². The molecular weight excluding hydrogens is 330 g/mol. The largest absolute Gasteiger partial charge is 0.378 e. The van der Waals surface area contributed by atoms with E-state index in [1.165, 1.54) is 6.08 Å². The van der Waals surface area contributed by atoms with Crippen molar-refractivity contribution < 1.29 is 14.4 Å². The molecular formula is C20H19N3O3. The van der Waals surface area contributed by atoms with E-state index in [4.69, 9.17) is 0 Å². The van der Waals surface area contributed by atoms with E-state index in [1.54, 1.807) is 0 Å². The number of anilines is 1. The summed E-state index contributed by atoms with van der Waals surface area (Å²) in [5, 5.41) is 2.23. The zero-order valence-corrected chi connectivity index (χ0v) is 14.6. The highest BCUT2D eigenvalue weighted by Gasteiger charge is 2.35. The van der Waals surface area contributed by atoms with E-state index >= 15 is 0 Å². The number of imide groups is 2. The molecule has 1 N–H and O–H groups in total. The maximum atomic E-state index is 12.7. The summed E-state index contributed by atoms with van der Waals surface area (Å²) in [6.07, 6.45) is 1.50. The lowest BCUT2D eigenvalue weighted by molar-refractivity contribution is -0.130. The van der Waals surface area contributed by atoms with Crippen LogP contribution in [0, 0.1) is 0 Å². The summed E-state index contributed by atoms with van der Waals surface area (Å²) >= 11 is 0. The summed E-state index contributed by atoms with van der Waals surface area (Å²) in [5.41, 5.74) is 2.47. The van der Waals surface area contributed by atoms with Crippen molar-refractivity contribution in [1.82, 2.24) is 10.2 Å². The van der Waals surface area contributed by atoms with E-state index in [2.05, 4.69) is 5.32 Å². The molecule has 0 atom stereocenters. The molecule has 26 heavy (non-hydrogen) atoms. The van der Waals surface area contributed by atoms with Gasteiger partial charge in [-0.15, -0.1) is 0 Å². The van der Waals surface area contributed by atoms with Crippen LogP contribution in [0.3, 0.4) is 0 Å². The predicted octanol–water partition coefficient (Wildman–Crippen LogP) is 2.41. The Morgan fingerprint density at radius 2 is 1.62 bits per heavy atom. The van der Waals surface area contributed by atoms with Crippen molar-refractivity contribution in [2.45, 2.75) is 6.54 Å². The topological polar surface area (TPSA) is 69.7 Å². The Morgan fingerprint density at radius 1 is 0.962 bits per heavy atom. The first-order chi connectivity index (χ1) is 12.5. The third-order valence-corrected chi connectivity index (χ3v) is 4.09. The van der Waals surface area contributed by atoms with Crippen LogP contribution in [-0.2, 0) is 16.1 Å². The molecule has 132 valence electrons. The molecule has 1 heterocycles. The Bertz CT molecular complexity index is 871. The van der Waals surface area contributed by atoms with Gasteiger partial charge in [0.1, 0.15) is 5.57 Å². The van der Waals surface area contributed by atoms with E-state index in [0.717, 1.165) is 16.2 Å². The fraction of sp³-hybridized carbons (Fsp3) is 0.150. The molecule has 0 saturated carbocycles. The summed E-state index contributed by atoms with van der Waals surface area (Å²) in [7, 11) is 3.86. The summed E-state index contributed by atoms with van der Waals surface area (Å²) in [6, 6.07) is 15.9. The second-order valence-corrected chi connectivity index (χ2v) is 6.18. The quantitative estimate of drug-likeness (QED) is 0.680. The number of urea groups is 1. The molecule has 2 aromatic carbocycles. The number of barbiturate groups is 1. The van der Waals surface area contributed by atoms with Gasteiger partial charge in [0.05, 0.1) is 6.54 Å². The van der Waals surface area contributed by atoms with Gasteiger partial charge in [-0.2, -0.15) is 0 Å². The van der Waals surface area contributed by atoms with Gasteiger partial charge in [-0.3, -0.25) is 19.8 Å². The highest BCUT2D eigenvalue weighted by molar-refractivity contribution is 6.30. The average molecular weight is 349 g/mol. The lowest BCUT2D eigenvalue weighted by Gasteiger charge is -2.26. The Balaban J connectivity index is 1.87. The molecule has 2 aromatic rings. The SMILES string of the molecule is CN(C)c1ccc(C=C2C(=O)NC(=O)N(Cc3ccccc3)C2=O)cc1. The van der Waals surface area contributed by atoms with E-state index in [0.29, 0.717) is 5.56 Å². The van der Waals surface area contributed by atoms with Crippen LogP contribution >= 0.6 is 0 Å². The number of hydrogen-bond donors (Lipinski definition) is 1. The van der Waals surface area contributed by atoms with Gasteiger partial charge < -0.3 is 4.90 Å². The Labute approximate surface area is 151 Å². The van der Waals surface area contributed by atoms with Gasteiger partial charge in [0, 0.05) is 19.8 Å². The molecule has 1 fully saturated rings. The summed E-state index contributed by atoms with van der Waals surface area (Å²) < 4.78 is 0. The van der Waals surface area contributed by atoms with Gasteiger partial charge in [0.25, 0.3) is 11.8 Å². The maximum Gasteiger partial charge on any atom is 0.331 e. The van der Waals surface area contributed by atoms with E-state index in [9.17, 15) is 14.4 Å². The van der Waals surface area contributed by atoms with Crippen LogP contribution in [0.5, 0.6) is 0 Å². The van der Waals surface area contributed by atoms with Gasteiger partial charge >= 0.3 is 6.03 Å². The van der Waals surface area contributed by atoms with Gasteiger partial charge in [-0.05, 0) is 29.3 Å². The Hall–Kier alpha value is -3.41. The molecule has 0 radical (unpaired) electrons. The van der Waals surface area contributed by atoms with Crippen molar-refractivity contribution in [3.8, 4) is 0 Å². The zero-order valence-electron chi connectivity index (χ0n) is 14.6. The molecule has 1 aliphatic heterocycles. The van der Waals surface area contributed by atoms with Gasteiger partial charge in [0.2, 0.25) is 0 Å². The number of nitrogens with one attached hydrogen (secondary N) is 1. The minimum Gasteiger partial charge on any atom is -0.378 e. The fourth-order valence-corrected chi connectivity index (χ4v) is 2.64. The van der Waals surface area contributed by atoms with Crippen molar-refractivity contribution in [2.75, 3.05) is 19.0 Å². The van der Waals surface area contributed by atoms with Gasteiger partial charge in [-0.1, -0.05) is 42.5 Å². The van der Waals surface area contributed by atoms with E-state index in [1.807, 2.05) is 73.6 Å². The van der Waals surface area contributed by atoms with Crippen molar-refractivity contribution in [1.29, 1.82) is 0 Å². The molecule has 0 aromatic heterocycles. The van der Waals surface area contributed by atoms with Crippen molar-refractivity contribution >= 4 is 29.6 Å². The highest BCUT2D eigenvalue weighted by atomic mass is 16.2. The number of carbonyl (C=O) groups is 3. The van der Waals surface area contributed by atoms with Crippen LogP contribution in [0.15, 0.2) is 60.2 Å². The number of amides is 4. The number of benzene rings is 2. The minimum absolute atomic E-state index is 0.0573. The first kappa shape index (κ1) is 17.4. The smallest absolute Gasteiger partial charge is 0.331 e. The van der Waals surface area contributed by atoms with Crippen LogP contribution in [0.1, 0.15) is 11.1 Å². The second kappa shape index (κ2) is 7.23. The summed E-state index contributed by atoms with van der Waals surface area (Å²) in [5.74, 6) is -1.28. The molecule has 6 nitrogen and oxygen atoms in total. The summed E-state index contributed by atoms with van der Waals surface area (Å²) in [4.78, 5) is 39.9. The predicted molar refractivity (Wildman–Crippen MR) is 99.3 cm³/mol. The van der Waals surface area contributed by atoms with Crippen molar-refractivity contribution in [3.05, 3.63) is 71.3 Å². The monoisotopic (exact) mass is 349 g/mol. The first-order valence-electron chi connectivity index (χ1n) is 8.16. The number of hydrogen-bond acceptors (Lipinski definition) is 4. The standard InChI is InChI=1S/C20H19N3O3/c1-22(2)16-10-8-14(9-11-16)12-17-18(24)21-20(26)23(19(17)25)13-15-6-4-3-5-7-15/h3-12H,13H2,1-2H3,(H,21,24,26). The second-order valence-electron chi connectivity index (χ2n) is 6.18. The molecule has 0 aliphatic carbocycles. The molecule has 1 saturated heterocycles. The first-order valence-corrected chi connectivity index (χ1v) is 8.16. The molecule has 3 rings (SSSR count). The Kier molecular flexibility index (Phi) is 4.84. The highest BCUT2D eigenvalue weighted by Crippen LogP contribution is 2.19. The van der Waals surface area contributed by atoms with E-state index < -0.39 is 17.8 Å². The van der Waals surface area contributed by atoms with Crippen LogP contribution < -0.4 is 10.2 Å². The third-order valence-electron chi connectivity index (χ3n) is 4.09. The molecule has 4 amide bonds. The fourth-order valence-electron chi connectivity index (χ4n) is 2.64.